The van der Waals surface area contributed by atoms with Crippen molar-refractivity contribution in [3.8, 4) is 11.4 Å². The first-order valence-electron chi connectivity index (χ1n) is 8.44. The van der Waals surface area contributed by atoms with Crippen LogP contribution < -0.4 is 0 Å². The van der Waals surface area contributed by atoms with Gasteiger partial charge in [-0.15, -0.1) is 0 Å². The number of aryl methyl sites for hydroxylation is 1. The Balaban J connectivity index is 2.06. The van der Waals surface area contributed by atoms with Crippen LogP contribution in [0.5, 0.6) is 0 Å². The van der Waals surface area contributed by atoms with E-state index in [0.29, 0.717) is 5.82 Å². The van der Waals surface area contributed by atoms with Gasteiger partial charge in [0.15, 0.2) is 5.82 Å². The summed E-state index contributed by atoms with van der Waals surface area (Å²) >= 11 is 6.09. The van der Waals surface area contributed by atoms with Gasteiger partial charge in [0, 0.05) is 11.8 Å². The molecule has 0 aliphatic carbocycles. The third-order valence-corrected chi connectivity index (χ3v) is 4.06. The number of ether oxygens (including phenoxy) is 1. The molecule has 128 valence electrons. The topological polar surface area (TPSA) is 52.1 Å². The Labute approximate surface area is 148 Å². The number of esters is 1. The molecule has 24 heavy (non-hydrogen) atoms. The highest BCUT2D eigenvalue weighted by Crippen LogP contribution is 2.21. The summed E-state index contributed by atoms with van der Waals surface area (Å²) in [5.74, 6) is 0.00191. The molecule has 0 fully saturated rings. The Hall–Kier alpha value is -1.94. The Morgan fingerprint density at radius 1 is 1.12 bits per heavy atom. The van der Waals surface area contributed by atoms with E-state index in [2.05, 4.69) is 29.0 Å². The largest absolute Gasteiger partial charge is 0.462 e. The van der Waals surface area contributed by atoms with Crippen LogP contribution in [0.4, 0.5) is 0 Å². The van der Waals surface area contributed by atoms with Gasteiger partial charge in [-0.25, -0.2) is 14.8 Å². The molecule has 1 aromatic carbocycles. The highest BCUT2D eigenvalue weighted by molar-refractivity contribution is 6.32. The van der Waals surface area contributed by atoms with Crippen molar-refractivity contribution in [3.05, 3.63) is 46.7 Å². The maximum absolute atomic E-state index is 11.7. The zero-order valence-electron chi connectivity index (χ0n) is 14.2. The Bertz CT molecular complexity index is 672. The molecule has 1 heterocycles. The van der Waals surface area contributed by atoms with Crippen LogP contribution in [0.3, 0.4) is 0 Å². The first kappa shape index (κ1) is 18.4. The van der Waals surface area contributed by atoms with E-state index in [9.17, 15) is 4.79 Å². The first-order valence-corrected chi connectivity index (χ1v) is 8.82. The highest BCUT2D eigenvalue weighted by atomic mass is 35.5. The number of nitrogens with zero attached hydrogens (tertiary/aromatic N) is 2. The van der Waals surface area contributed by atoms with Crippen molar-refractivity contribution in [1.82, 2.24) is 9.97 Å². The van der Waals surface area contributed by atoms with Gasteiger partial charge in [-0.3, -0.25) is 0 Å². The van der Waals surface area contributed by atoms with Gasteiger partial charge >= 0.3 is 5.97 Å². The van der Waals surface area contributed by atoms with E-state index in [1.54, 1.807) is 6.92 Å². The maximum atomic E-state index is 11.7. The van der Waals surface area contributed by atoms with Gasteiger partial charge in [-0.2, -0.15) is 0 Å². The smallest absolute Gasteiger partial charge is 0.342 e. The predicted octanol–water partition coefficient (Wildman–Crippen LogP) is 5.10. The van der Waals surface area contributed by atoms with Gasteiger partial charge in [-0.05, 0) is 25.3 Å². The van der Waals surface area contributed by atoms with E-state index in [-0.39, 0.29) is 17.3 Å². The third-order valence-electron chi connectivity index (χ3n) is 3.77. The summed E-state index contributed by atoms with van der Waals surface area (Å²) in [6, 6.07) is 8.17. The van der Waals surface area contributed by atoms with Crippen LogP contribution in [-0.4, -0.2) is 22.5 Å². The quantitative estimate of drug-likeness (QED) is 0.379. The second-order valence-electron chi connectivity index (χ2n) is 5.63. The summed E-state index contributed by atoms with van der Waals surface area (Å²) in [7, 11) is 0. The molecule has 5 heteroatoms. The van der Waals surface area contributed by atoms with Crippen molar-refractivity contribution in [2.45, 2.75) is 46.0 Å². The normalized spacial score (nSPS) is 10.6. The summed E-state index contributed by atoms with van der Waals surface area (Å²) < 4.78 is 4.92. The fourth-order valence-corrected chi connectivity index (χ4v) is 2.63. The van der Waals surface area contributed by atoms with Crippen LogP contribution in [0, 0.1) is 0 Å². The zero-order chi connectivity index (χ0) is 17.4. The summed E-state index contributed by atoms with van der Waals surface area (Å²) in [4.78, 5) is 20.2. The highest BCUT2D eigenvalue weighted by Gasteiger charge is 2.14. The van der Waals surface area contributed by atoms with Crippen molar-refractivity contribution < 1.29 is 9.53 Å². The van der Waals surface area contributed by atoms with Crippen molar-refractivity contribution >= 4 is 17.6 Å². The molecule has 0 aliphatic heterocycles. The number of rotatable bonds is 8. The minimum Gasteiger partial charge on any atom is -0.462 e. The molecule has 0 bridgehead atoms. The average Bonchev–Trinajstić information content (AvgIpc) is 2.59. The van der Waals surface area contributed by atoms with Crippen LogP contribution in [-0.2, 0) is 11.2 Å². The van der Waals surface area contributed by atoms with E-state index < -0.39 is 5.97 Å². The Kier molecular flexibility index (Phi) is 7.19. The van der Waals surface area contributed by atoms with E-state index >= 15 is 0 Å². The number of unbranched alkanes of at least 4 members (excludes halogenated alkanes) is 3. The van der Waals surface area contributed by atoms with Crippen molar-refractivity contribution in [1.29, 1.82) is 0 Å². The molecule has 0 N–H and O–H groups in total. The van der Waals surface area contributed by atoms with Crippen LogP contribution in [0.25, 0.3) is 11.4 Å². The summed E-state index contributed by atoms with van der Waals surface area (Å²) in [5.41, 5.74) is 2.38. The number of hydrogen-bond acceptors (Lipinski definition) is 4. The average molecular weight is 347 g/mol. The lowest BCUT2D eigenvalue weighted by molar-refractivity contribution is 0.0525. The Morgan fingerprint density at radius 2 is 1.88 bits per heavy atom. The van der Waals surface area contributed by atoms with Gasteiger partial charge in [0.2, 0.25) is 0 Å². The monoisotopic (exact) mass is 346 g/mol. The molecule has 0 radical (unpaired) electrons. The molecular weight excluding hydrogens is 324 g/mol. The number of aromatic nitrogens is 2. The molecule has 0 unspecified atom stereocenters. The standard InChI is InChI=1S/C19H23ClN2O2/c1-3-5-6-7-8-14-9-11-15(12-10-14)18-21-13-16(17(20)22-18)19(23)24-4-2/h9-13H,3-8H2,1-2H3. The van der Waals surface area contributed by atoms with E-state index in [0.717, 1.165) is 12.0 Å². The molecule has 0 aliphatic rings. The summed E-state index contributed by atoms with van der Waals surface area (Å²) in [6.07, 6.45) is 7.52. The first-order chi connectivity index (χ1) is 11.7. The number of halogens is 1. The number of carbonyl (C=O) groups is 1. The fraction of sp³-hybridized carbons (Fsp3) is 0.421. The molecule has 0 saturated carbocycles. The number of benzene rings is 1. The second-order valence-corrected chi connectivity index (χ2v) is 5.98. The lowest BCUT2D eigenvalue weighted by Gasteiger charge is -2.06. The summed E-state index contributed by atoms with van der Waals surface area (Å²) in [6.45, 7) is 4.24. The van der Waals surface area contributed by atoms with Crippen LogP contribution in [0.15, 0.2) is 30.5 Å². The van der Waals surface area contributed by atoms with Gasteiger partial charge in [0.05, 0.1) is 6.61 Å². The molecule has 4 nitrogen and oxygen atoms in total. The molecular formula is C19H23ClN2O2. The third kappa shape index (κ3) is 5.03. The molecule has 2 rings (SSSR count). The van der Waals surface area contributed by atoms with Crippen molar-refractivity contribution in [3.63, 3.8) is 0 Å². The number of hydrogen-bond donors (Lipinski definition) is 0. The summed E-state index contributed by atoms with van der Waals surface area (Å²) in [5, 5.41) is 0.113. The van der Waals surface area contributed by atoms with Crippen molar-refractivity contribution in [2.75, 3.05) is 6.61 Å². The molecule has 0 saturated heterocycles. The van der Waals surface area contributed by atoms with E-state index in [1.807, 2.05) is 12.1 Å². The van der Waals surface area contributed by atoms with Crippen LogP contribution >= 0.6 is 11.6 Å². The van der Waals surface area contributed by atoms with Gasteiger partial charge in [0.25, 0.3) is 0 Å². The molecule has 0 spiro atoms. The van der Waals surface area contributed by atoms with Crippen LogP contribution in [0.2, 0.25) is 5.15 Å². The lowest BCUT2D eigenvalue weighted by atomic mass is 10.0. The Morgan fingerprint density at radius 3 is 2.50 bits per heavy atom. The minimum atomic E-state index is -0.503. The lowest BCUT2D eigenvalue weighted by Crippen LogP contribution is -2.07. The van der Waals surface area contributed by atoms with Crippen molar-refractivity contribution in [2.24, 2.45) is 0 Å². The molecule has 2 aromatic rings. The minimum absolute atomic E-state index is 0.113. The van der Waals surface area contributed by atoms with E-state index in [4.69, 9.17) is 16.3 Å². The maximum Gasteiger partial charge on any atom is 0.342 e. The fourth-order valence-electron chi connectivity index (χ4n) is 2.42. The molecule has 0 amide bonds. The second kappa shape index (κ2) is 9.38. The van der Waals surface area contributed by atoms with Crippen LogP contribution in [0.1, 0.15) is 55.5 Å². The van der Waals surface area contributed by atoms with E-state index in [1.165, 1.54) is 37.4 Å². The molecule has 1 aromatic heterocycles. The van der Waals surface area contributed by atoms with Gasteiger partial charge in [-0.1, -0.05) is 62.1 Å². The number of carbonyl (C=O) groups excluding carboxylic acids is 1. The SMILES string of the molecule is CCCCCCc1ccc(-c2ncc(C(=O)OCC)c(Cl)n2)cc1. The van der Waals surface area contributed by atoms with Gasteiger partial charge < -0.3 is 4.74 Å². The zero-order valence-corrected chi connectivity index (χ0v) is 15.0. The molecule has 0 atom stereocenters. The predicted molar refractivity (Wildman–Crippen MR) is 96.3 cm³/mol. The van der Waals surface area contributed by atoms with Gasteiger partial charge in [0.1, 0.15) is 10.7 Å².